The van der Waals surface area contributed by atoms with E-state index in [0.717, 1.165) is 0 Å². The van der Waals surface area contributed by atoms with Crippen LogP contribution in [-0.2, 0) is 14.3 Å². The molecule has 0 spiro atoms. The van der Waals surface area contributed by atoms with Crippen LogP contribution in [0.4, 0.5) is 11.4 Å². The van der Waals surface area contributed by atoms with Gasteiger partial charge in [0.25, 0.3) is 11.6 Å². The third-order valence-electron chi connectivity index (χ3n) is 5.26. The van der Waals surface area contributed by atoms with Crippen molar-refractivity contribution in [2.75, 3.05) is 18.0 Å². The minimum atomic E-state index is -0.833. The van der Waals surface area contributed by atoms with E-state index < -0.39 is 11.0 Å². The quantitative estimate of drug-likeness (QED) is 0.392. The van der Waals surface area contributed by atoms with E-state index in [2.05, 4.69) is 0 Å². The van der Waals surface area contributed by atoms with E-state index in [1.54, 1.807) is 30.0 Å². The van der Waals surface area contributed by atoms with Gasteiger partial charge in [0.15, 0.2) is 6.10 Å². The van der Waals surface area contributed by atoms with E-state index in [-0.39, 0.29) is 35.6 Å². The van der Waals surface area contributed by atoms with Gasteiger partial charge in [-0.25, -0.2) is 0 Å². The van der Waals surface area contributed by atoms with Crippen molar-refractivity contribution < 1.29 is 19.2 Å². The predicted molar refractivity (Wildman–Crippen MR) is 111 cm³/mol. The molecule has 8 nitrogen and oxygen atoms in total. The van der Waals surface area contributed by atoms with Gasteiger partial charge in [-0.15, -0.1) is 0 Å². The standard InChI is InChI=1S/C21H31N3O5/c1-14(2)23(15(3)4)20(25)16(5)29-21(26)17-10-12-22(13-11-17)18-8-6-7-9-19(18)24(27)28/h6-9,14-17H,10-13H2,1-5H3. The fraction of sp³-hybridized carbons (Fsp3) is 0.619. The number of nitro benzene ring substituents is 1. The Morgan fingerprint density at radius 3 is 2.17 bits per heavy atom. The number of nitro groups is 1. The van der Waals surface area contributed by atoms with Gasteiger partial charge in [0.1, 0.15) is 5.69 Å². The topological polar surface area (TPSA) is 93.0 Å². The molecule has 1 aromatic rings. The Labute approximate surface area is 172 Å². The van der Waals surface area contributed by atoms with Gasteiger partial charge in [0, 0.05) is 31.2 Å². The van der Waals surface area contributed by atoms with Crippen LogP contribution >= 0.6 is 0 Å². The van der Waals surface area contributed by atoms with E-state index >= 15 is 0 Å². The van der Waals surface area contributed by atoms with Crippen molar-refractivity contribution in [2.24, 2.45) is 5.92 Å². The van der Waals surface area contributed by atoms with Crippen molar-refractivity contribution in [1.29, 1.82) is 0 Å². The van der Waals surface area contributed by atoms with Crippen LogP contribution in [-0.4, -0.2) is 53.0 Å². The van der Waals surface area contributed by atoms with Crippen LogP contribution in [0.1, 0.15) is 47.5 Å². The lowest BCUT2D eigenvalue weighted by molar-refractivity contribution is -0.384. The molecule has 0 aliphatic carbocycles. The second-order valence-electron chi connectivity index (χ2n) is 8.02. The van der Waals surface area contributed by atoms with Crippen molar-refractivity contribution in [3.05, 3.63) is 34.4 Å². The number of rotatable bonds is 7. The highest BCUT2D eigenvalue weighted by atomic mass is 16.6. The van der Waals surface area contributed by atoms with Crippen LogP contribution in [0, 0.1) is 16.0 Å². The van der Waals surface area contributed by atoms with Crippen LogP contribution < -0.4 is 4.90 Å². The normalized spacial score (nSPS) is 16.0. The first kappa shape index (κ1) is 22.6. The third-order valence-corrected chi connectivity index (χ3v) is 5.26. The van der Waals surface area contributed by atoms with E-state index in [0.29, 0.717) is 31.6 Å². The number of para-hydroxylation sites is 2. The second-order valence-corrected chi connectivity index (χ2v) is 8.02. The Morgan fingerprint density at radius 2 is 1.66 bits per heavy atom. The molecule has 0 bridgehead atoms. The van der Waals surface area contributed by atoms with Crippen molar-refractivity contribution in [1.82, 2.24) is 4.90 Å². The van der Waals surface area contributed by atoms with Gasteiger partial charge < -0.3 is 14.5 Å². The Bertz CT molecular complexity index is 734. The summed E-state index contributed by atoms with van der Waals surface area (Å²) in [6.07, 6.45) is 0.230. The summed E-state index contributed by atoms with van der Waals surface area (Å²) in [5.41, 5.74) is 0.632. The lowest BCUT2D eigenvalue weighted by Crippen LogP contribution is -2.48. The van der Waals surface area contributed by atoms with Crippen LogP contribution in [0.5, 0.6) is 0 Å². The number of carbonyl (C=O) groups is 2. The molecule has 29 heavy (non-hydrogen) atoms. The van der Waals surface area contributed by atoms with Gasteiger partial charge >= 0.3 is 5.97 Å². The monoisotopic (exact) mass is 405 g/mol. The minimum absolute atomic E-state index is 0.0218. The average Bonchev–Trinajstić information content (AvgIpc) is 2.67. The number of carbonyl (C=O) groups excluding carboxylic acids is 2. The summed E-state index contributed by atoms with van der Waals surface area (Å²) in [5.74, 6) is -0.878. The zero-order chi connectivity index (χ0) is 21.7. The van der Waals surface area contributed by atoms with Gasteiger partial charge in [-0.2, -0.15) is 0 Å². The number of amides is 1. The zero-order valence-corrected chi connectivity index (χ0v) is 17.8. The van der Waals surface area contributed by atoms with Crippen LogP contribution in [0.3, 0.4) is 0 Å². The second kappa shape index (κ2) is 9.71. The molecule has 8 heteroatoms. The fourth-order valence-corrected chi connectivity index (χ4v) is 3.88. The summed E-state index contributed by atoms with van der Waals surface area (Å²) in [6.45, 7) is 10.4. The highest BCUT2D eigenvalue weighted by Crippen LogP contribution is 2.31. The predicted octanol–water partition coefficient (Wildman–Crippen LogP) is 3.39. The number of hydrogen-bond donors (Lipinski definition) is 0. The summed E-state index contributed by atoms with van der Waals surface area (Å²) < 4.78 is 5.48. The molecule has 0 radical (unpaired) electrons. The molecule has 0 aromatic heterocycles. The Hall–Kier alpha value is -2.64. The van der Waals surface area contributed by atoms with Gasteiger partial charge in [-0.1, -0.05) is 12.1 Å². The minimum Gasteiger partial charge on any atom is -0.452 e. The summed E-state index contributed by atoms with van der Waals surface area (Å²) in [5, 5.41) is 11.2. The van der Waals surface area contributed by atoms with E-state index in [9.17, 15) is 19.7 Å². The molecule has 1 aliphatic heterocycles. The van der Waals surface area contributed by atoms with Gasteiger partial charge in [0.2, 0.25) is 0 Å². The summed E-state index contributed by atoms with van der Waals surface area (Å²) in [4.78, 5) is 39.7. The number of piperidine rings is 1. The Morgan fingerprint density at radius 1 is 1.10 bits per heavy atom. The maximum absolute atomic E-state index is 12.7. The molecule has 1 saturated heterocycles. The number of esters is 1. The molecular formula is C21H31N3O5. The highest BCUT2D eigenvalue weighted by molar-refractivity contribution is 5.84. The Kier molecular flexibility index (Phi) is 7.59. The summed E-state index contributed by atoms with van der Waals surface area (Å²) in [6, 6.07) is 6.66. The third kappa shape index (κ3) is 5.46. The first-order valence-electron chi connectivity index (χ1n) is 10.1. The Balaban J connectivity index is 1.95. The lowest BCUT2D eigenvalue weighted by Gasteiger charge is -2.34. The number of benzene rings is 1. The lowest BCUT2D eigenvalue weighted by atomic mass is 9.96. The van der Waals surface area contributed by atoms with Crippen LogP contribution in [0.2, 0.25) is 0 Å². The van der Waals surface area contributed by atoms with Crippen molar-refractivity contribution in [2.45, 2.75) is 65.6 Å². The average molecular weight is 405 g/mol. The van der Waals surface area contributed by atoms with Crippen LogP contribution in [0.25, 0.3) is 0 Å². The van der Waals surface area contributed by atoms with E-state index in [4.69, 9.17) is 4.74 Å². The maximum Gasteiger partial charge on any atom is 0.309 e. The molecule has 0 saturated carbocycles. The smallest absolute Gasteiger partial charge is 0.309 e. The van der Waals surface area contributed by atoms with E-state index in [1.165, 1.54) is 6.07 Å². The molecular weight excluding hydrogens is 374 g/mol. The summed E-state index contributed by atoms with van der Waals surface area (Å²) in [7, 11) is 0. The van der Waals surface area contributed by atoms with Gasteiger partial charge in [0.05, 0.1) is 10.8 Å². The largest absolute Gasteiger partial charge is 0.452 e. The van der Waals surface area contributed by atoms with E-state index in [1.807, 2.05) is 32.6 Å². The molecule has 1 fully saturated rings. The van der Waals surface area contributed by atoms with Gasteiger partial charge in [-0.05, 0) is 53.5 Å². The first-order valence-corrected chi connectivity index (χ1v) is 10.1. The molecule has 1 unspecified atom stereocenters. The van der Waals surface area contributed by atoms with Gasteiger partial charge in [-0.3, -0.25) is 19.7 Å². The van der Waals surface area contributed by atoms with Crippen molar-refractivity contribution in [3.63, 3.8) is 0 Å². The summed E-state index contributed by atoms with van der Waals surface area (Å²) >= 11 is 0. The molecule has 1 aromatic carbocycles. The number of nitrogens with zero attached hydrogens (tertiary/aromatic N) is 3. The maximum atomic E-state index is 12.7. The molecule has 1 atom stereocenters. The molecule has 2 rings (SSSR count). The number of ether oxygens (including phenoxy) is 1. The molecule has 1 amide bonds. The SMILES string of the molecule is CC(OC(=O)C1CCN(c2ccccc2[N+](=O)[O-])CC1)C(=O)N(C(C)C)C(C)C. The first-order chi connectivity index (χ1) is 13.6. The van der Waals surface area contributed by atoms with Crippen LogP contribution in [0.15, 0.2) is 24.3 Å². The fourth-order valence-electron chi connectivity index (χ4n) is 3.88. The van der Waals surface area contributed by atoms with Crippen molar-refractivity contribution in [3.8, 4) is 0 Å². The molecule has 160 valence electrons. The number of anilines is 1. The molecule has 0 N–H and O–H groups in total. The number of hydrogen-bond acceptors (Lipinski definition) is 6. The zero-order valence-electron chi connectivity index (χ0n) is 17.8. The molecule has 1 heterocycles. The van der Waals surface area contributed by atoms with Crippen molar-refractivity contribution >= 4 is 23.3 Å². The molecule has 1 aliphatic rings. The highest BCUT2D eigenvalue weighted by Gasteiger charge is 2.32.